The molecule has 3 rings (SSSR count). The number of fused-ring (bicyclic) bond motifs is 1. The highest BCUT2D eigenvalue weighted by Crippen LogP contribution is 2.31. The Hall–Kier alpha value is -2.51. The molecule has 5 nitrogen and oxygen atoms in total. The first-order valence-corrected chi connectivity index (χ1v) is 8.89. The SMILES string of the molecule is C=CCSc1nc2ccc(N=Cc3cccc([N+](=O)[O-])c3)cc2s1. The van der Waals surface area contributed by atoms with Gasteiger partial charge in [-0.2, -0.15) is 0 Å². The zero-order chi connectivity index (χ0) is 16.9. The van der Waals surface area contributed by atoms with Crippen LogP contribution in [0.5, 0.6) is 0 Å². The Kier molecular flexibility index (Phi) is 5.02. The summed E-state index contributed by atoms with van der Waals surface area (Å²) in [5, 5.41) is 10.8. The number of rotatable bonds is 6. The largest absolute Gasteiger partial charge is 0.270 e. The van der Waals surface area contributed by atoms with Crippen molar-refractivity contribution in [2.24, 2.45) is 4.99 Å². The van der Waals surface area contributed by atoms with Gasteiger partial charge in [0.2, 0.25) is 0 Å². The number of hydrogen-bond acceptors (Lipinski definition) is 6. The van der Waals surface area contributed by atoms with E-state index in [0.29, 0.717) is 5.56 Å². The van der Waals surface area contributed by atoms with Crippen molar-refractivity contribution >= 4 is 50.9 Å². The van der Waals surface area contributed by atoms with Crippen LogP contribution in [0.1, 0.15) is 5.56 Å². The fourth-order valence-corrected chi connectivity index (χ4v) is 3.89. The third kappa shape index (κ3) is 3.87. The molecule has 0 amide bonds. The topological polar surface area (TPSA) is 68.4 Å². The predicted octanol–water partition coefficient (Wildman–Crippen LogP) is 5.23. The minimum atomic E-state index is -0.414. The van der Waals surface area contributed by atoms with E-state index in [9.17, 15) is 10.1 Å². The summed E-state index contributed by atoms with van der Waals surface area (Å²) < 4.78 is 2.07. The maximum absolute atomic E-state index is 10.8. The second kappa shape index (κ2) is 7.37. The summed E-state index contributed by atoms with van der Waals surface area (Å²) >= 11 is 3.27. The van der Waals surface area contributed by atoms with Gasteiger partial charge in [0.1, 0.15) is 0 Å². The average molecular weight is 355 g/mol. The molecule has 3 aromatic rings. The van der Waals surface area contributed by atoms with Gasteiger partial charge in [-0.3, -0.25) is 15.1 Å². The summed E-state index contributed by atoms with van der Waals surface area (Å²) in [5.74, 6) is 0.831. The number of aliphatic imine (C=N–C) groups is 1. The van der Waals surface area contributed by atoms with E-state index in [1.54, 1.807) is 41.4 Å². The normalized spacial score (nSPS) is 11.2. The molecule has 0 aliphatic heterocycles. The van der Waals surface area contributed by atoms with Crippen molar-refractivity contribution in [3.63, 3.8) is 0 Å². The minimum Gasteiger partial charge on any atom is -0.258 e. The van der Waals surface area contributed by atoms with Crippen LogP contribution in [0.2, 0.25) is 0 Å². The number of aromatic nitrogens is 1. The van der Waals surface area contributed by atoms with E-state index in [-0.39, 0.29) is 5.69 Å². The quantitative estimate of drug-likeness (QED) is 0.199. The molecule has 0 bridgehead atoms. The smallest absolute Gasteiger partial charge is 0.258 e. The van der Waals surface area contributed by atoms with Gasteiger partial charge in [0.25, 0.3) is 5.69 Å². The molecule has 0 aliphatic carbocycles. The Bertz CT molecular complexity index is 934. The Morgan fingerprint density at radius 3 is 3.00 bits per heavy atom. The first kappa shape index (κ1) is 16.4. The first-order valence-electron chi connectivity index (χ1n) is 7.08. The van der Waals surface area contributed by atoms with Crippen LogP contribution in [-0.2, 0) is 0 Å². The monoisotopic (exact) mass is 355 g/mol. The van der Waals surface area contributed by atoms with Gasteiger partial charge >= 0.3 is 0 Å². The highest BCUT2D eigenvalue weighted by Gasteiger charge is 2.06. The fourth-order valence-electron chi connectivity index (χ4n) is 2.03. The molecule has 0 unspecified atom stereocenters. The Morgan fingerprint density at radius 1 is 1.33 bits per heavy atom. The molecule has 0 spiro atoms. The van der Waals surface area contributed by atoms with Crippen LogP contribution in [0.3, 0.4) is 0 Å². The number of thiazole rings is 1. The lowest BCUT2D eigenvalue weighted by Crippen LogP contribution is -1.89. The summed E-state index contributed by atoms with van der Waals surface area (Å²) in [6.07, 6.45) is 3.48. The molecule has 24 heavy (non-hydrogen) atoms. The molecule has 2 aromatic carbocycles. The van der Waals surface area contributed by atoms with Gasteiger partial charge in [0.05, 0.1) is 20.8 Å². The van der Waals surface area contributed by atoms with Crippen LogP contribution >= 0.6 is 23.1 Å². The molecule has 1 heterocycles. The summed E-state index contributed by atoms with van der Waals surface area (Å²) in [7, 11) is 0. The van der Waals surface area contributed by atoms with Gasteiger partial charge in [0, 0.05) is 24.1 Å². The lowest BCUT2D eigenvalue weighted by Gasteiger charge is -1.95. The summed E-state index contributed by atoms with van der Waals surface area (Å²) in [4.78, 5) is 19.3. The minimum absolute atomic E-state index is 0.0562. The molecule has 7 heteroatoms. The van der Waals surface area contributed by atoms with Crippen molar-refractivity contribution in [2.75, 3.05) is 5.75 Å². The zero-order valence-electron chi connectivity index (χ0n) is 12.6. The number of thioether (sulfide) groups is 1. The zero-order valence-corrected chi connectivity index (χ0v) is 14.2. The fraction of sp³-hybridized carbons (Fsp3) is 0.0588. The number of hydrogen-bond donors (Lipinski definition) is 0. The molecule has 120 valence electrons. The third-order valence-corrected chi connectivity index (χ3v) is 5.28. The second-order valence-corrected chi connectivity index (χ2v) is 7.14. The molecule has 0 saturated carbocycles. The Balaban J connectivity index is 1.83. The van der Waals surface area contributed by atoms with Crippen molar-refractivity contribution in [3.8, 4) is 0 Å². The third-order valence-electron chi connectivity index (χ3n) is 3.12. The predicted molar refractivity (Wildman–Crippen MR) is 101 cm³/mol. The van der Waals surface area contributed by atoms with E-state index in [2.05, 4.69) is 16.6 Å². The maximum atomic E-state index is 10.8. The summed E-state index contributed by atoms with van der Waals surface area (Å²) in [6, 6.07) is 12.2. The molecule has 0 N–H and O–H groups in total. The van der Waals surface area contributed by atoms with E-state index in [4.69, 9.17) is 0 Å². The van der Waals surface area contributed by atoms with Gasteiger partial charge in [-0.1, -0.05) is 30.0 Å². The van der Waals surface area contributed by atoms with Crippen LogP contribution in [0, 0.1) is 10.1 Å². The number of nitrogens with zero attached hydrogens (tertiary/aromatic N) is 3. The highest BCUT2D eigenvalue weighted by atomic mass is 32.2. The molecule has 0 fully saturated rings. The van der Waals surface area contributed by atoms with E-state index in [1.165, 1.54) is 12.1 Å². The molecule has 0 atom stereocenters. The van der Waals surface area contributed by atoms with Crippen LogP contribution < -0.4 is 0 Å². The lowest BCUT2D eigenvalue weighted by molar-refractivity contribution is -0.384. The van der Waals surface area contributed by atoms with Crippen molar-refractivity contribution in [1.29, 1.82) is 0 Å². The van der Waals surface area contributed by atoms with Crippen molar-refractivity contribution < 1.29 is 4.92 Å². The van der Waals surface area contributed by atoms with E-state index in [0.717, 1.165) is 26.0 Å². The Labute approximate surface area is 146 Å². The van der Waals surface area contributed by atoms with Gasteiger partial charge < -0.3 is 0 Å². The molecule has 0 radical (unpaired) electrons. The number of nitro groups is 1. The van der Waals surface area contributed by atoms with E-state index >= 15 is 0 Å². The van der Waals surface area contributed by atoms with Gasteiger partial charge in [-0.25, -0.2) is 4.98 Å². The van der Waals surface area contributed by atoms with Crippen LogP contribution in [0.4, 0.5) is 11.4 Å². The van der Waals surface area contributed by atoms with Gasteiger partial charge in [-0.05, 0) is 23.8 Å². The number of non-ortho nitro benzene ring substituents is 1. The summed E-state index contributed by atoms with van der Waals surface area (Å²) in [6.45, 7) is 3.71. The van der Waals surface area contributed by atoms with E-state index < -0.39 is 4.92 Å². The maximum Gasteiger partial charge on any atom is 0.270 e. The molecule has 0 aliphatic rings. The van der Waals surface area contributed by atoms with Crippen molar-refractivity contribution in [1.82, 2.24) is 4.98 Å². The van der Waals surface area contributed by atoms with Crippen LogP contribution in [0.15, 0.2) is 64.5 Å². The van der Waals surface area contributed by atoms with Gasteiger partial charge in [-0.15, -0.1) is 17.9 Å². The Morgan fingerprint density at radius 2 is 2.21 bits per heavy atom. The summed E-state index contributed by atoms with van der Waals surface area (Å²) in [5.41, 5.74) is 2.48. The highest BCUT2D eigenvalue weighted by molar-refractivity contribution is 8.01. The lowest BCUT2D eigenvalue weighted by atomic mass is 10.2. The number of benzene rings is 2. The van der Waals surface area contributed by atoms with Crippen LogP contribution in [0.25, 0.3) is 10.2 Å². The molecular formula is C17H13N3O2S2. The van der Waals surface area contributed by atoms with E-state index in [1.807, 2.05) is 24.3 Å². The van der Waals surface area contributed by atoms with Crippen molar-refractivity contribution in [2.45, 2.75) is 4.34 Å². The van der Waals surface area contributed by atoms with Crippen LogP contribution in [-0.4, -0.2) is 21.9 Å². The second-order valence-electron chi connectivity index (χ2n) is 4.84. The molecule has 0 saturated heterocycles. The molecule has 1 aromatic heterocycles. The first-order chi connectivity index (χ1) is 11.7. The standard InChI is InChI=1S/C17H13N3O2S2/c1-2-8-23-17-19-15-7-6-13(10-16(15)24-17)18-11-12-4-3-5-14(9-12)20(21)22/h2-7,9-11H,1,8H2. The van der Waals surface area contributed by atoms with Gasteiger partial charge in [0.15, 0.2) is 4.34 Å². The average Bonchev–Trinajstić information content (AvgIpc) is 3.00. The molecular weight excluding hydrogens is 342 g/mol. The number of nitro benzene ring substituents is 1. The van der Waals surface area contributed by atoms with Crippen molar-refractivity contribution in [3.05, 3.63) is 70.8 Å².